The molecular weight excluding hydrogens is 192 g/mol. The van der Waals surface area contributed by atoms with Crippen LogP contribution in [-0.4, -0.2) is 48.7 Å². The van der Waals surface area contributed by atoms with Crippen LogP contribution in [0.2, 0.25) is 0 Å². The van der Waals surface area contributed by atoms with E-state index in [0.29, 0.717) is 6.61 Å². The molecular formula is C11H22N2O2. The summed E-state index contributed by atoms with van der Waals surface area (Å²) in [6.07, 6.45) is -0.316. The Morgan fingerprint density at radius 1 is 1.60 bits per heavy atom. The van der Waals surface area contributed by atoms with Crippen molar-refractivity contribution in [2.24, 2.45) is 0 Å². The molecule has 15 heavy (non-hydrogen) atoms. The van der Waals surface area contributed by atoms with E-state index < -0.39 is 0 Å². The molecule has 1 aliphatic heterocycles. The zero-order chi connectivity index (χ0) is 11.5. The Bertz CT molecular complexity index is 229. The number of nitrogens with zero attached hydrogens (tertiary/aromatic N) is 1. The van der Waals surface area contributed by atoms with Crippen molar-refractivity contribution in [3.05, 3.63) is 0 Å². The summed E-state index contributed by atoms with van der Waals surface area (Å²) in [5, 5.41) is 3.38. The molecule has 0 bridgehead atoms. The number of nitrogens with one attached hydrogen (secondary N) is 1. The van der Waals surface area contributed by atoms with Crippen LogP contribution in [0.4, 0.5) is 0 Å². The molecule has 4 heteroatoms. The number of ether oxygens (including phenoxy) is 1. The lowest BCUT2D eigenvalue weighted by Crippen LogP contribution is -2.59. The SMILES string of the molecule is CCOC(C)C(=O)N1CCNC(C)(C)C1. The van der Waals surface area contributed by atoms with Gasteiger partial charge in [-0.2, -0.15) is 0 Å². The molecule has 1 amide bonds. The normalized spacial score (nSPS) is 22.5. The van der Waals surface area contributed by atoms with Crippen molar-refractivity contribution in [2.75, 3.05) is 26.2 Å². The van der Waals surface area contributed by atoms with Crippen LogP contribution < -0.4 is 5.32 Å². The maximum absolute atomic E-state index is 11.9. The van der Waals surface area contributed by atoms with Crippen molar-refractivity contribution >= 4 is 5.91 Å². The van der Waals surface area contributed by atoms with Crippen molar-refractivity contribution in [1.82, 2.24) is 10.2 Å². The predicted octanol–water partition coefficient (Wildman–Crippen LogP) is 0.622. The fourth-order valence-corrected chi connectivity index (χ4v) is 1.91. The minimum Gasteiger partial charge on any atom is -0.369 e. The van der Waals surface area contributed by atoms with Crippen molar-refractivity contribution < 1.29 is 9.53 Å². The molecule has 0 spiro atoms. The summed E-state index contributed by atoms with van der Waals surface area (Å²) in [6, 6.07) is 0. The fourth-order valence-electron chi connectivity index (χ4n) is 1.91. The molecule has 0 aliphatic carbocycles. The summed E-state index contributed by atoms with van der Waals surface area (Å²) in [4.78, 5) is 13.8. The highest BCUT2D eigenvalue weighted by molar-refractivity contribution is 5.80. The molecule has 1 unspecified atom stereocenters. The van der Waals surface area contributed by atoms with Gasteiger partial charge in [0.2, 0.25) is 0 Å². The van der Waals surface area contributed by atoms with E-state index in [1.165, 1.54) is 0 Å². The van der Waals surface area contributed by atoms with E-state index in [2.05, 4.69) is 19.2 Å². The lowest BCUT2D eigenvalue weighted by Gasteiger charge is -2.39. The Morgan fingerprint density at radius 2 is 2.27 bits per heavy atom. The second kappa shape index (κ2) is 4.94. The zero-order valence-electron chi connectivity index (χ0n) is 10.2. The first-order valence-corrected chi connectivity index (χ1v) is 5.61. The Kier molecular flexibility index (Phi) is 4.11. The number of hydrogen-bond acceptors (Lipinski definition) is 3. The molecule has 1 atom stereocenters. The molecule has 1 fully saturated rings. The standard InChI is InChI=1S/C11H22N2O2/c1-5-15-9(2)10(14)13-7-6-12-11(3,4)8-13/h9,12H,5-8H2,1-4H3. The average molecular weight is 214 g/mol. The van der Waals surface area contributed by atoms with Crippen LogP contribution in [0, 0.1) is 0 Å². The number of piperazine rings is 1. The van der Waals surface area contributed by atoms with Gasteiger partial charge in [-0.15, -0.1) is 0 Å². The third kappa shape index (κ3) is 3.47. The van der Waals surface area contributed by atoms with Crippen LogP contribution in [0.25, 0.3) is 0 Å². The Hall–Kier alpha value is -0.610. The van der Waals surface area contributed by atoms with Crippen molar-refractivity contribution in [3.8, 4) is 0 Å². The summed E-state index contributed by atoms with van der Waals surface area (Å²) >= 11 is 0. The fraction of sp³-hybridized carbons (Fsp3) is 0.909. The summed E-state index contributed by atoms with van der Waals surface area (Å²) < 4.78 is 5.31. The van der Waals surface area contributed by atoms with Gasteiger partial charge >= 0.3 is 0 Å². The monoisotopic (exact) mass is 214 g/mol. The molecule has 0 radical (unpaired) electrons. The minimum atomic E-state index is -0.316. The first-order chi connectivity index (χ1) is 6.96. The van der Waals surface area contributed by atoms with Crippen LogP contribution in [0.15, 0.2) is 0 Å². The third-order valence-electron chi connectivity index (χ3n) is 2.65. The van der Waals surface area contributed by atoms with Crippen molar-refractivity contribution in [2.45, 2.75) is 39.3 Å². The highest BCUT2D eigenvalue weighted by Crippen LogP contribution is 2.11. The largest absolute Gasteiger partial charge is 0.369 e. The number of rotatable bonds is 3. The maximum atomic E-state index is 11.9. The lowest BCUT2D eigenvalue weighted by molar-refractivity contribution is -0.144. The van der Waals surface area contributed by atoms with E-state index in [4.69, 9.17) is 4.74 Å². The van der Waals surface area contributed by atoms with Crippen LogP contribution in [0.3, 0.4) is 0 Å². The van der Waals surface area contributed by atoms with Gasteiger partial charge in [0.1, 0.15) is 6.10 Å². The topological polar surface area (TPSA) is 41.6 Å². The molecule has 0 aromatic heterocycles. The third-order valence-corrected chi connectivity index (χ3v) is 2.65. The molecule has 1 rings (SSSR count). The van der Waals surface area contributed by atoms with Gasteiger partial charge in [-0.05, 0) is 27.7 Å². The second-order valence-corrected chi connectivity index (χ2v) is 4.67. The van der Waals surface area contributed by atoms with Gasteiger partial charge in [-0.1, -0.05) is 0 Å². The summed E-state index contributed by atoms with van der Waals surface area (Å²) in [5.74, 6) is 0.103. The molecule has 0 aromatic carbocycles. The van der Waals surface area contributed by atoms with E-state index in [1.54, 1.807) is 0 Å². The van der Waals surface area contributed by atoms with Crippen LogP contribution in [-0.2, 0) is 9.53 Å². The minimum absolute atomic E-state index is 0.0137. The Morgan fingerprint density at radius 3 is 2.80 bits per heavy atom. The number of carbonyl (C=O) groups excluding carboxylic acids is 1. The van der Waals surface area contributed by atoms with E-state index in [0.717, 1.165) is 19.6 Å². The highest BCUT2D eigenvalue weighted by Gasteiger charge is 2.30. The number of carbonyl (C=O) groups is 1. The summed E-state index contributed by atoms with van der Waals surface area (Å²) in [5.41, 5.74) is 0.0137. The number of hydrogen-bond donors (Lipinski definition) is 1. The van der Waals surface area contributed by atoms with E-state index >= 15 is 0 Å². The van der Waals surface area contributed by atoms with Gasteiger partial charge in [-0.3, -0.25) is 4.79 Å². The van der Waals surface area contributed by atoms with Crippen molar-refractivity contribution in [3.63, 3.8) is 0 Å². The highest BCUT2D eigenvalue weighted by atomic mass is 16.5. The van der Waals surface area contributed by atoms with Gasteiger partial charge in [0, 0.05) is 31.8 Å². The molecule has 1 saturated heterocycles. The van der Waals surface area contributed by atoms with Gasteiger partial charge in [0.05, 0.1) is 0 Å². The van der Waals surface area contributed by atoms with Crippen LogP contribution in [0.1, 0.15) is 27.7 Å². The molecule has 1 aliphatic rings. The average Bonchev–Trinajstić information content (AvgIpc) is 2.15. The van der Waals surface area contributed by atoms with E-state index in [9.17, 15) is 4.79 Å². The first kappa shape index (κ1) is 12.5. The van der Waals surface area contributed by atoms with Crippen LogP contribution >= 0.6 is 0 Å². The van der Waals surface area contributed by atoms with Gasteiger partial charge in [-0.25, -0.2) is 0 Å². The quantitative estimate of drug-likeness (QED) is 0.749. The van der Waals surface area contributed by atoms with Crippen molar-refractivity contribution in [1.29, 1.82) is 0 Å². The Balaban J connectivity index is 2.52. The van der Waals surface area contributed by atoms with Gasteiger partial charge in [0.25, 0.3) is 5.91 Å². The number of amides is 1. The van der Waals surface area contributed by atoms with Gasteiger partial charge < -0.3 is 15.0 Å². The molecule has 0 saturated carbocycles. The Labute approximate surface area is 92.0 Å². The molecule has 1 heterocycles. The van der Waals surface area contributed by atoms with Crippen LogP contribution in [0.5, 0.6) is 0 Å². The lowest BCUT2D eigenvalue weighted by atomic mass is 10.0. The van der Waals surface area contributed by atoms with Gasteiger partial charge in [0.15, 0.2) is 0 Å². The predicted molar refractivity (Wildman–Crippen MR) is 59.7 cm³/mol. The molecule has 0 aromatic rings. The maximum Gasteiger partial charge on any atom is 0.251 e. The first-order valence-electron chi connectivity index (χ1n) is 5.61. The molecule has 1 N–H and O–H groups in total. The second-order valence-electron chi connectivity index (χ2n) is 4.67. The molecule has 4 nitrogen and oxygen atoms in total. The summed E-state index contributed by atoms with van der Waals surface area (Å²) in [6.45, 7) is 10.9. The summed E-state index contributed by atoms with van der Waals surface area (Å²) in [7, 11) is 0. The molecule has 88 valence electrons. The van der Waals surface area contributed by atoms with E-state index in [1.807, 2.05) is 18.7 Å². The smallest absolute Gasteiger partial charge is 0.251 e. The zero-order valence-corrected chi connectivity index (χ0v) is 10.2. The van der Waals surface area contributed by atoms with E-state index in [-0.39, 0.29) is 17.6 Å².